The van der Waals surface area contributed by atoms with E-state index in [1.54, 1.807) is 0 Å². The maximum absolute atomic E-state index is 11.9. The van der Waals surface area contributed by atoms with Crippen LogP contribution in [0.25, 0.3) is 0 Å². The summed E-state index contributed by atoms with van der Waals surface area (Å²) in [6.45, 7) is 2.98. The Morgan fingerprint density at radius 1 is 1.40 bits per heavy atom. The quantitative estimate of drug-likeness (QED) is 0.617. The van der Waals surface area contributed by atoms with Crippen LogP contribution in [0.15, 0.2) is 0 Å². The Labute approximate surface area is 98.0 Å². The first-order valence-corrected chi connectivity index (χ1v) is 6.68. The lowest BCUT2D eigenvalue weighted by Gasteiger charge is -2.37. The molecule has 0 aromatic rings. The number of unbranched alkanes of at least 4 members (excludes halogenated alkanes) is 1. The fourth-order valence-corrected chi connectivity index (χ4v) is 2.03. The number of hydrogen-bond donors (Lipinski definition) is 0. The van der Waals surface area contributed by atoms with Crippen LogP contribution in [0.3, 0.4) is 0 Å². The van der Waals surface area contributed by atoms with Crippen LogP contribution in [0.4, 0.5) is 0 Å². The Hall–Kier alpha value is -0.240. The van der Waals surface area contributed by atoms with Crippen LogP contribution in [0.2, 0.25) is 0 Å². The summed E-state index contributed by atoms with van der Waals surface area (Å²) >= 11 is 5.68. The Bertz CT molecular complexity index is 192. The lowest BCUT2D eigenvalue weighted by Crippen LogP contribution is -2.44. The standard InChI is InChI=1S/C12H22ClNO/c1-2-3-8-12(15)14(10-5-9-13)11-6-4-7-11/h11H,2-10H2,1H3. The van der Waals surface area contributed by atoms with Crippen molar-refractivity contribution >= 4 is 17.5 Å². The van der Waals surface area contributed by atoms with Gasteiger partial charge in [-0.3, -0.25) is 4.79 Å². The Balaban J connectivity index is 2.35. The minimum absolute atomic E-state index is 0.340. The monoisotopic (exact) mass is 231 g/mol. The van der Waals surface area contributed by atoms with Crippen LogP contribution >= 0.6 is 11.6 Å². The fraction of sp³-hybridized carbons (Fsp3) is 0.917. The number of alkyl halides is 1. The number of hydrogen-bond acceptors (Lipinski definition) is 1. The summed E-state index contributed by atoms with van der Waals surface area (Å²) in [5.74, 6) is 0.997. The van der Waals surface area contributed by atoms with Gasteiger partial charge in [0, 0.05) is 24.9 Å². The SMILES string of the molecule is CCCCC(=O)N(CCCCl)C1CCC1. The van der Waals surface area contributed by atoms with E-state index in [-0.39, 0.29) is 0 Å². The van der Waals surface area contributed by atoms with Crippen molar-refractivity contribution in [1.29, 1.82) is 0 Å². The molecule has 0 spiro atoms. The van der Waals surface area contributed by atoms with Gasteiger partial charge in [0.2, 0.25) is 5.91 Å². The summed E-state index contributed by atoms with van der Waals surface area (Å²) in [4.78, 5) is 14.0. The van der Waals surface area contributed by atoms with Gasteiger partial charge in [-0.25, -0.2) is 0 Å². The second-order valence-electron chi connectivity index (χ2n) is 4.32. The highest BCUT2D eigenvalue weighted by molar-refractivity contribution is 6.17. The van der Waals surface area contributed by atoms with Crippen LogP contribution in [-0.4, -0.2) is 29.3 Å². The van der Waals surface area contributed by atoms with Crippen LogP contribution < -0.4 is 0 Å². The van der Waals surface area contributed by atoms with Gasteiger partial charge < -0.3 is 4.90 Å². The molecule has 0 aliphatic heterocycles. The largest absolute Gasteiger partial charge is 0.340 e. The third-order valence-electron chi connectivity index (χ3n) is 3.11. The van der Waals surface area contributed by atoms with Gasteiger partial charge in [0.25, 0.3) is 0 Å². The van der Waals surface area contributed by atoms with Crippen molar-refractivity contribution < 1.29 is 4.79 Å². The molecule has 0 N–H and O–H groups in total. The van der Waals surface area contributed by atoms with Crippen molar-refractivity contribution in [3.63, 3.8) is 0 Å². The van der Waals surface area contributed by atoms with Crippen LogP contribution in [-0.2, 0) is 4.79 Å². The molecule has 0 bridgehead atoms. The van der Waals surface area contributed by atoms with E-state index in [0.29, 0.717) is 17.8 Å². The zero-order chi connectivity index (χ0) is 11.1. The van der Waals surface area contributed by atoms with E-state index in [1.807, 2.05) is 0 Å². The van der Waals surface area contributed by atoms with E-state index in [9.17, 15) is 4.79 Å². The van der Waals surface area contributed by atoms with E-state index < -0.39 is 0 Å². The van der Waals surface area contributed by atoms with E-state index >= 15 is 0 Å². The van der Waals surface area contributed by atoms with Gasteiger partial charge in [0.05, 0.1) is 0 Å². The second kappa shape index (κ2) is 7.10. The first-order chi connectivity index (χ1) is 7.29. The predicted molar refractivity (Wildman–Crippen MR) is 64.2 cm³/mol. The van der Waals surface area contributed by atoms with Crippen molar-refractivity contribution in [2.24, 2.45) is 0 Å². The molecular formula is C12H22ClNO. The Morgan fingerprint density at radius 2 is 2.13 bits per heavy atom. The molecule has 1 amide bonds. The first kappa shape index (κ1) is 12.8. The molecule has 1 rings (SSSR count). The highest BCUT2D eigenvalue weighted by Gasteiger charge is 2.27. The zero-order valence-corrected chi connectivity index (χ0v) is 10.4. The van der Waals surface area contributed by atoms with E-state index in [0.717, 1.165) is 32.2 Å². The molecule has 2 nitrogen and oxygen atoms in total. The molecule has 0 aromatic heterocycles. The number of nitrogens with zero attached hydrogens (tertiary/aromatic N) is 1. The van der Waals surface area contributed by atoms with Gasteiger partial charge in [0.15, 0.2) is 0 Å². The average Bonchev–Trinajstić information content (AvgIpc) is 2.17. The predicted octanol–water partition coefficient (Wildman–Crippen LogP) is 3.19. The molecule has 0 heterocycles. The van der Waals surface area contributed by atoms with Gasteiger partial charge in [-0.15, -0.1) is 11.6 Å². The van der Waals surface area contributed by atoms with Gasteiger partial charge in [0.1, 0.15) is 0 Å². The molecule has 0 atom stereocenters. The molecule has 0 unspecified atom stereocenters. The Kier molecular flexibility index (Phi) is 6.07. The van der Waals surface area contributed by atoms with Crippen molar-refractivity contribution in [3.8, 4) is 0 Å². The molecule has 3 heteroatoms. The molecule has 0 radical (unpaired) electrons. The third-order valence-corrected chi connectivity index (χ3v) is 3.38. The highest BCUT2D eigenvalue weighted by atomic mass is 35.5. The lowest BCUT2D eigenvalue weighted by molar-refractivity contribution is -0.135. The van der Waals surface area contributed by atoms with E-state index in [2.05, 4.69) is 11.8 Å². The molecule has 0 aromatic carbocycles. The molecule has 1 fully saturated rings. The van der Waals surface area contributed by atoms with Gasteiger partial charge in [-0.05, 0) is 32.1 Å². The van der Waals surface area contributed by atoms with E-state index in [1.165, 1.54) is 19.3 Å². The number of amides is 1. The minimum atomic E-state index is 0.340. The smallest absolute Gasteiger partial charge is 0.222 e. The summed E-state index contributed by atoms with van der Waals surface area (Å²) in [6, 6.07) is 0.526. The van der Waals surface area contributed by atoms with Crippen LogP contribution in [0.5, 0.6) is 0 Å². The molecule has 1 aliphatic rings. The normalized spacial score (nSPS) is 16.1. The molecule has 1 saturated carbocycles. The zero-order valence-electron chi connectivity index (χ0n) is 9.67. The van der Waals surface area contributed by atoms with Crippen molar-refractivity contribution in [2.75, 3.05) is 12.4 Å². The summed E-state index contributed by atoms with van der Waals surface area (Å²) in [5.41, 5.74) is 0. The number of carbonyl (C=O) groups is 1. The van der Waals surface area contributed by atoms with Crippen LogP contribution in [0.1, 0.15) is 51.9 Å². The first-order valence-electron chi connectivity index (χ1n) is 6.15. The molecule has 88 valence electrons. The van der Waals surface area contributed by atoms with Gasteiger partial charge in [-0.1, -0.05) is 13.3 Å². The van der Waals surface area contributed by atoms with Gasteiger partial charge in [-0.2, -0.15) is 0 Å². The van der Waals surface area contributed by atoms with Crippen molar-refractivity contribution in [1.82, 2.24) is 4.90 Å². The van der Waals surface area contributed by atoms with E-state index in [4.69, 9.17) is 11.6 Å². The topological polar surface area (TPSA) is 20.3 Å². The number of carbonyl (C=O) groups excluding carboxylic acids is 1. The molecule has 1 aliphatic carbocycles. The fourth-order valence-electron chi connectivity index (χ4n) is 1.91. The minimum Gasteiger partial charge on any atom is -0.340 e. The average molecular weight is 232 g/mol. The summed E-state index contributed by atoms with van der Waals surface area (Å²) in [6.07, 6.45) is 7.43. The summed E-state index contributed by atoms with van der Waals surface area (Å²) in [7, 11) is 0. The maximum atomic E-state index is 11.9. The number of rotatable bonds is 7. The van der Waals surface area contributed by atoms with Crippen LogP contribution in [0, 0.1) is 0 Å². The second-order valence-corrected chi connectivity index (χ2v) is 4.70. The summed E-state index contributed by atoms with van der Waals surface area (Å²) < 4.78 is 0. The Morgan fingerprint density at radius 3 is 2.60 bits per heavy atom. The number of halogens is 1. The summed E-state index contributed by atoms with van der Waals surface area (Å²) in [5, 5.41) is 0. The molecule has 0 saturated heterocycles. The van der Waals surface area contributed by atoms with Crippen molar-refractivity contribution in [2.45, 2.75) is 57.9 Å². The van der Waals surface area contributed by atoms with Crippen molar-refractivity contribution in [3.05, 3.63) is 0 Å². The highest BCUT2D eigenvalue weighted by Crippen LogP contribution is 2.25. The molecular weight excluding hydrogens is 210 g/mol. The maximum Gasteiger partial charge on any atom is 0.222 e. The third kappa shape index (κ3) is 4.02. The molecule has 15 heavy (non-hydrogen) atoms. The lowest BCUT2D eigenvalue weighted by atomic mass is 9.91. The van der Waals surface area contributed by atoms with Gasteiger partial charge >= 0.3 is 0 Å².